The Morgan fingerprint density at radius 2 is 2.11 bits per heavy atom. The number of methoxy groups -OCH3 is 1. The molecule has 2 aromatic rings. The number of hydrogen-bond acceptors (Lipinski definition) is 4. The Morgan fingerprint density at radius 1 is 1.32 bits per heavy atom. The van der Waals surface area contributed by atoms with Gasteiger partial charge < -0.3 is 9.64 Å². The van der Waals surface area contributed by atoms with Crippen LogP contribution in [-0.2, 0) is 11.3 Å². The number of amides is 1. The van der Waals surface area contributed by atoms with Crippen LogP contribution in [0.4, 0.5) is 10.1 Å². The number of carbonyl (C=O) groups excluding carboxylic acids is 1. The molecule has 1 aliphatic heterocycles. The Bertz CT molecular complexity index is 830. The number of likely N-dealkylation sites (N-methyl/N-ethyl adjacent to an activating group) is 1. The van der Waals surface area contributed by atoms with Crippen molar-refractivity contribution in [2.24, 2.45) is 0 Å². The lowest BCUT2D eigenvalue weighted by Crippen LogP contribution is -2.41. The van der Waals surface area contributed by atoms with Gasteiger partial charge in [-0.15, -0.1) is 11.8 Å². The van der Waals surface area contributed by atoms with Gasteiger partial charge in [-0.05, 0) is 42.8 Å². The lowest BCUT2D eigenvalue weighted by Gasteiger charge is -2.27. The van der Waals surface area contributed by atoms with E-state index in [2.05, 4.69) is 13.0 Å². The van der Waals surface area contributed by atoms with Crippen LogP contribution in [-0.4, -0.2) is 42.8 Å². The van der Waals surface area contributed by atoms with Crippen molar-refractivity contribution in [3.63, 3.8) is 0 Å². The zero-order valence-electron chi connectivity index (χ0n) is 16.7. The molecule has 150 valence electrons. The second-order valence-corrected chi connectivity index (χ2v) is 8.48. The van der Waals surface area contributed by atoms with E-state index in [0.717, 1.165) is 29.1 Å². The van der Waals surface area contributed by atoms with Gasteiger partial charge in [0.15, 0.2) is 11.6 Å². The van der Waals surface area contributed by atoms with Gasteiger partial charge in [-0.25, -0.2) is 4.39 Å². The molecular formula is C22H27FN2O2S. The Labute approximate surface area is 170 Å². The van der Waals surface area contributed by atoms with E-state index >= 15 is 0 Å². The van der Waals surface area contributed by atoms with E-state index in [1.165, 1.54) is 13.2 Å². The zero-order chi connectivity index (χ0) is 20.1. The molecule has 1 aliphatic rings. The first-order valence-corrected chi connectivity index (χ1v) is 10.5. The molecule has 2 aromatic carbocycles. The first-order valence-electron chi connectivity index (χ1n) is 9.62. The zero-order valence-corrected chi connectivity index (χ0v) is 17.5. The molecule has 1 unspecified atom stereocenters. The summed E-state index contributed by atoms with van der Waals surface area (Å²) in [6, 6.07) is 13.0. The molecule has 4 nitrogen and oxygen atoms in total. The summed E-state index contributed by atoms with van der Waals surface area (Å²) in [6.07, 6.45) is 0.959. The molecule has 0 fully saturated rings. The predicted molar refractivity (Wildman–Crippen MR) is 113 cm³/mol. The molecule has 0 N–H and O–H groups in total. The van der Waals surface area contributed by atoms with Crippen LogP contribution in [0.15, 0.2) is 47.4 Å². The lowest BCUT2D eigenvalue weighted by atomic mass is 10.2. The largest absolute Gasteiger partial charge is 0.494 e. The van der Waals surface area contributed by atoms with Gasteiger partial charge in [-0.1, -0.05) is 32.0 Å². The van der Waals surface area contributed by atoms with Crippen LogP contribution in [0.2, 0.25) is 0 Å². The summed E-state index contributed by atoms with van der Waals surface area (Å²) >= 11 is 1.83. The molecular weight excluding hydrogens is 375 g/mol. The van der Waals surface area contributed by atoms with Crippen LogP contribution in [0.25, 0.3) is 0 Å². The van der Waals surface area contributed by atoms with E-state index in [-0.39, 0.29) is 17.5 Å². The average molecular weight is 403 g/mol. The second kappa shape index (κ2) is 9.43. The van der Waals surface area contributed by atoms with Crippen molar-refractivity contribution in [2.75, 3.05) is 31.6 Å². The Morgan fingerprint density at radius 3 is 2.82 bits per heavy atom. The molecule has 1 amide bonds. The fourth-order valence-corrected chi connectivity index (χ4v) is 4.48. The fourth-order valence-electron chi connectivity index (χ4n) is 3.37. The van der Waals surface area contributed by atoms with Crippen LogP contribution < -0.4 is 9.64 Å². The van der Waals surface area contributed by atoms with Crippen LogP contribution in [0.3, 0.4) is 0 Å². The topological polar surface area (TPSA) is 32.8 Å². The quantitative estimate of drug-likeness (QED) is 0.708. The third-order valence-corrected chi connectivity index (χ3v) is 6.21. The molecule has 0 saturated carbocycles. The molecule has 6 heteroatoms. The lowest BCUT2D eigenvalue weighted by molar-refractivity contribution is -0.119. The Balaban J connectivity index is 1.72. The van der Waals surface area contributed by atoms with Crippen LogP contribution in [0.1, 0.15) is 25.8 Å². The number of nitrogens with zero attached hydrogens (tertiary/aromatic N) is 2. The maximum atomic E-state index is 14.0. The van der Waals surface area contributed by atoms with Gasteiger partial charge in [0.1, 0.15) is 0 Å². The van der Waals surface area contributed by atoms with Gasteiger partial charge in [-0.3, -0.25) is 9.69 Å². The normalized spacial score (nSPS) is 16.6. The standard InChI is InChI=1S/C22H27FN2O2S/c1-4-24(14-17-9-10-20(27-3)18(23)13-17)15-22(26)25-12-11-16(2)28-21-8-6-5-7-19(21)25/h5-10,13,16H,4,11-12,14-15H2,1-3H3. The second-order valence-electron chi connectivity index (χ2n) is 7.00. The number of carbonyl (C=O) groups is 1. The molecule has 1 atom stereocenters. The summed E-state index contributed by atoms with van der Waals surface area (Å²) in [5.41, 5.74) is 1.82. The number of ether oxygens (including phenoxy) is 1. The van der Waals surface area contributed by atoms with Crippen molar-refractivity contribution in [1.29, 1.82) is 0 Å². The summed E-state index contributed by atoms with van der Waals surface area (Å²) in [6.45, 7) is 6.47. The number of para-hydroxylation sites is 1. The van der Waals surface area contributed by atoms with Crippen molar-refractivity contribution in [3.05, 3.63) is 53.8 Å². The average Bonchev–Trinajstić information content (AvgIpc) is 2.85. The molecule has 0 spiro atoms. The highest BCUT2D eigenvalue weighted by molar-refractivity contribution is 8.00. The highest BCUT2D eigenvalue weighted by Crippen LogP contribution is 2.37. The molecule has 1 heterocycles. The van der Waals surface area contributed by atoms with Gasteiger partial charge in [0, 0.05) is 23.2 Å². The van der Waals surface area contributed by atoms with E-state index in [9.17, 15) is 9.18 Å². The Kier molecular flexibility index (Phi) is 6.97. The molecule has 0 bridgehead atoms. The smallest absolute Gasteiger partial charge is 0.241 e. The number of anilines is 1. The third-order valence-electron chi connectivity index (χ3n) is 4.97. The predicted octanol–water partition coefficient (Wildman–Crippen LogP) is 4.57. The van der Waals surface area contributed by atoms with Crippen LogP contribution >= 0.6 is 11.8 Å². The minimum Gasteiger partial charge on any atom is -0.494 e. The van der Waals surface area contributed by atoms with Crippen molar-refractivity contribution in [1.82, 2.24) is 4.90 Å². The maximum Gasteiger partial charge on any atom is 0.241 e. The number of hydrogen-bond donors (Lipinski definition) is 0. The van der Waals surface area contributed by atoms with E-state index < -0.39 is 0 Å². The van der Waals surface area contributed by atoms with Gasteiger partial charge in [-0.2, -0.15) is 0 Å². The van der Waals surface area contributed by atoms with E-state index in [1.54, 1.807) is 6.07 Å². The van der Waals surface area contributed by atoms with Crippen LogP contribution in [0.5, 0.6) is 5.75 Å². The monoisotopic (exact) mass is 402 g/mol. The first kappa shape index (κ1) is 20.7. The highest BCUT2D eigenvalue weighted by Gasteiger charge is 2.25. The molecule has 28 heavy (non-hydrogen) atoms. The summed E-state index contributed by atoms with van der Waals surface area (Å²) in [5, 5.41) is 0.475. The van der Waals surface area contributed by atoms with Gasteiger partial charge in [0.2, 0.25) is 5.91 Å². The minimum absolute atomic E-state index is 0.0815. The number of benzene rings is 2. The number of thioether (sulfide) groups is 1. The van der Waals surface area contributed by atoms with E-state index in [1.807, 2.05) is 52.8 Å². The van der Waals surface area contributed by atoms with E-state index in [0.29, 0.717) is 24.9 Å². The van der Waals surface area contributed by atoms with Gasteiger partial charge >= 0.3 is 0 Å². The molecule has 0 radical (unpaired) electrons. The number of fused-ring (bicyclic) bond motifs is 1. The van der Waals surface area contributed by atoms with Gasteiger partial charge in [0.25, 0.3) is 0 Å². The van der Waals surface area contributed by atoms with Crippen LogP contribution in [0, 0.1) is 5.82 Å². The summed E-state index contributed by atoms with van der Waals surface area (Å²) < 4.78 is 19.0. The molecule has 0 aromatic heterocycles. The van der Waals surface area contributed by atoms with Crippen molar-refractivity contribution >= 4 is 23.4 Å². The summed E-state index contributed by atoms with van der Waals surface area (Å²) in [5.74, 6) is -0.0662. The summed E-state index contributed by atoms with van der Waals surface area (Å²) in [4.78, 5) is 18.2. The van der Waals surface area contributed by atoms with Crippen molar-refractivity contribution < 1.29 is 13.9 Å². The maximum absolute atomic E-state index is 14.0. The Hall–Kier alpha value is -2.05. The fraction of sp³-hybridized carbons (Fsp3) is 0.409. The summed E-state index contributed by atoms with van der Waals surface area (Å²) in [7, 11) is 1.45. The number of halogens is 1. The molecule has 0 aliphatic carbocycles. The first-order chi connectivity index (χ1) is 13.5. The molecule has 0 saturated heterocycles. The van der Waals surface area contributed by atoms with Crippen molar-refractivity contribution in [2.45, 2.75) is 37.0 Å². The highest BCUT2D eigenvalue weighted by atomic mass is 32.2. The minimum atomic E-state index is -0.380. The van der Waals surface area contributed by atoms with Crippen molar-refractivity contribution in [3.8, 4) is 5.75 Å². The molecule has 3 rings (SSSR count). The van der Waals surface area contributed by atoms with Gasteiger partial charge in [0.05, 0.1) is 19.3 Å². The SMILES string of the molecule is CCN(CC(=O)N1CCC(C)Sc2ccccc21)Cc1ccc(OC)c(F)c1. The third kappa shape index (κ3) is 4.86. The van der Waals surface area contributed by atoms with E-state index in [4.69, 9.17) is 4.74 Å². The number of rotatable bonds is 6.